The third kappa shape index (κ3) is 4.44. The van der Waals surface area contributed by atoms with Gasteiger partial charge in [-0.05, 0) is 31.0 Å². The summed E-state index contributed by atoms with van der Waals surface area (Å²) in [6.07, 6.45) is 1.20. The quantitative estimate of drug-likeness (QED) is 0.832. The van der Waals surface area contributed by atoms with Crippen molar-refractivity contribution in [3.05, 3.63) is 29.6 Å². The Labute approximate surface area is 119 Å². The predicted molar refractivity (Wildman–Crippen MR) is 74.4 cm³/mol. The number of halogens is 1. The van der Waals surface area contributed by atoms with Gasteiger partial charge in [0.25, 0.3) is 0 Å². The van der Waals surface area contributed by atoms with Gasteiger partial charge in [-0.2, -0.15) is 0 Å². The molecule has 1 heterocycles. The van der Waals surface area contributed by atoms with Crippen molar-refractivity contribution < 1.29 is 18.6 Å². The second kappa shape index (κ2) is 7.57. The van der Waals surface area contributed by atoms with Gasteiger partial charge in [0, 0.05) is 19.2 Å². The lowest BCUT2D eigenvalue weighted by molar-refractivity contribution is 0.0322. The first-order valence-corrected chi connectivity index (χ1v) is 6.94. The summed E-state index contributed by atoms with van der Waals surface area (Å²) in [6, 6.07) is 5.11. The molecule has 0 saturated carbocycles. The third-order valence-corrected chi connectivity index (χ3v) is 3.34. The van der Waals surface area contributed by atoms with Crippen LogP contribution in [0.3, 0.4) is 0 Å². The van der Waals surface area contributed by atoms with Crippen molar-refractivity contribution in [2.75, 3.05) is 26.9 Å². The Kier molecular flexibility index (Phi) is 5.76. The molecule has 0 spiro atoms. The van der Waals surface area contributed by atoms with Gasteiger partial charge >= 0.3 is 0 Å². The Bertz CT molecular complexity index is 422. The van der Waals surface area contributed by atoms with Crippen LogP contribution >= 0.6 is 0 Å². The highest BCUT2D eigenvalue weighted by Crippen LogP contribution is 2.18. The molecule has 0 amide bonds. The average molecular weight is 283 g/mol. The summed E-state index contributed by atoms with van der Waals surface area (Å²) >= 11 is 0. The lowest BCUT2D eigenvalue weighted by atomic mass is 10.2. The van der Waals surface area contributed by atoms with E-state index in [4.69, 9.17) is 14.2 Å². The van der Waals surface area contributed by atoms with Crippen molar-refractivity contribution >= 4 is 0 Å². The summed E-state index contributed by atoms with van der Waals surface area (Å²) in [6.45, 7) is 4.86. The first-order valence-electron chi connectivity index (χ1n) is 6.94. The van der Waals surface area contributed by atoms with Crippen LogP contribution in [0.5, 0.6) is 5.75 Å². The van der Waals surface area contributed by atoms with Crippen molar-refractivity contribution in [3.8, 4) is 5.75 Å². The smallest absolute Gasteiger partial charge is 0.165 e. The van der Waals surface area contributed by atoms with Crippen LogP contribution in [0.15, 0.2) is 18.2 Å². The summed E-state index contributed by atoms with van der Waals surface area (Å²) in [5, 5.41) is 3.35. The Morgan fingerprint density at radius 2 is 2.35 bits per heavy atom. The molecule has 2 atom stereocenters. The van der Waals surface area contributed by atoms with Gasteiger partial charge in [0.2, 0.25) is 0 Å². The summed E-state index contributed by atoms with van der Waals surface area (Å²) in [4.78, 5) is 0. The van der Waals surface area contributed by atoms with E-state index < -0.39 is 0 Å². The summed E-state index contributed by atoms with van der Waals surface area (Å²) < 4.78 is 29.3. The monoisotopic (exact) mass is 283 g/mol. The molecule has 1 saturated heterocycles. The zero-order valence-electron chi connectivity index (χ0n) is 12.0. The van der Waals surface area contributed by atoms with Gasteiger partial charge in [0.05, 0.1) is 26.4 Å². The van der Waals surface area contributed by atoms with E-state index >= 15 is 0 Å². The minimum absolute atomic E-state index is 0.227. The molecule has 0 bridgehead atoms. The molecule has 0 aliphatic carbocycles. The molecule has 0 radical (unpaired) electrons. The SMILES string of the molecule is COc1cc(CN[C@H](C)CO[C@H]2CCOC2)ccc1F. The molecule has 4 nitrogen and oxygen atoms in total. The first-order chi connectivity index (χ1) is 9.69. The van der Waals surface area contributed by atoms with Gasteiger partial charge in [-0.25, -0.2) is 4.39 Å². The van der Waals surface area contributed by atoms with E-state index in [2.05, 4.69) is 12.2 Å². The lowest BCUT2D eigenvalue weighted by Gasteiger charge is -2.17. The molecule has 0 aromatic heterocycles. The fourth-order valence-electron chi connectivity index (χ4n) is 2.09. The number of methoxy groups -OCH3 is 1. The van der Waals surface area contributed by atoms with Crippen LogP contribution in [0.2, 0.25) is 0 Å². The molecule has 1 N–H and O–H groups in total. The molecular weight excluding hydrogens is 261 g/mol. The van der Waals surface area contributed by atoms with Crippen molar-refractivity contribution in [2.24, 2.45) is 0 Å². The van der Waals surface area contributed by atoms with E-state index in [1.807, 2.05) is 0 Å². The van der Waals surface area contributed by atoms with Crippen molar-refractivity contribution in [3.63, 3.8) is 0 Å². The van der Waals surface area contributed by atoms with Crippen molar-refractivity contribution in [2.45, 2.75) is 32.0 Å². The van der Waals surface area contributed by atoms with Crippen molar-refractivity contribution in [1.82, 2.24) is 5.32 Å². The second-order valence-electron chi connectivity index (χ2n) is 5.07. The number of hydrogen-bond acceptors (Lipinski definition) is 4. The average Bonchev–Trinajstić information content (AvgIpc) is 2.97. The summed E-state index contributed by atoms with van der Waals surface area (Å²) in [5.41, 5.74) is 0.985. The number of nitrogens with one attached hydrogen (secondary N) is 1. The fraction of sp³-hybridized carbons (Fsp3) is 0.600. The highest BCUT2D eigenvalue weighted by atomic mass is 19.1. The number of rotatable bonds is 7. The summed E-state index contributed by atoms with van der Waals surface area (Å²) in [5.74, 6) is -0.0647. The minimum atomic E-state index is -0.339. The molecule has 1 aliphatic heterocycles. The van der Waals surface area contributed by atoms with E-state index in [-0.39, 0.29) is 23.7 Å². The van der Waals surface area contributed by atoms with Crippen LogP contribution in [0.1, 0.15) is 18.9 Å². The Morgan fingerprint density at radius 1 is 1.50 bits per heavy atom. The van der Waals surface area contributed by atoms with Crippen LogP contribution in [0.4, 0.5) is 4.39 Å². The molecule has 112 valence electrons. The normalized spacial score (nSPS) is 20.1. The van der Waals surface area contributed by atoms with E-state index in [0.717, 1.165) is 18.6 Å². The predicted octanol–water partition coefficient (Wildman–Crippen LogP) is 2.12. The molecule has 0 unspecified atom stereocenters. The van der Waals surface area contributed by atoms with Crippen LogP contribution in [-0.4, -0.2) is 39.1 Å². The van der Waals surface area contributed by atoms with Gasteiger partial charge in [-0.3, -0.25) is 0 Å². The molecule has 1 fully saturated rings. The zero-order chi connectivity index (χ0) is 14.4. The number of benzene rings is 1. The van der Waals surface area contributed by atoms with E-state index in [1.54, 1.807) is 12.1 Å². The highest BCUT2D eigenvalue weighted by Gasteiger charge is 2.16. The largest absolute Gasteiger partial charge is 0.494 e. The van der Waals surface area contributed by atoms with Crippen LogP contribution < -0.4 is 10.1 Å². The van der Waals surface area contributed by atoms with Crippen molar-refractivity contribution in [1.29, 1.82) is 0 Å². The Morgan fingerprint density at radius 3 is 3.05 bits per heavy atom. The van der Waals surface area contributed by atoms with Crippen LogP contribution in [-0.2, 0) is 16.0 Å². The first kappa shape index (κ1) is 15.2. The Hall–Kier alpha value is -1.17. The standard InChI is InChI=1S/C15H22FNO3/c1-11(9-20-13-5-6-19-10-13)17-8-12-3-4-14(16)15(7-12)18-2/h3-4,7,11,13,17H,5-6,8-10H2,1-2H3/t11-,13+/m1/s1. The van der Waals surface area contributed by atoms with Gasteiger partial charge < -0.3 is 19.5 Å². The number of hydrogen-bond donors (Lipinski definition) is 1. The second-order valence-corrected chi connectivity index (χ2v) is 5.07. The molecule has 2 rings (SSSR count). The molecule has 20 heavy (non-hydrogen) atoms. The Balaban J connectivity index is 1.73. The third-order valence-electron chi connectivity index (χ3n) is 3.34. The lowest BCUT2D eigenvalue weighted by Crippen LogP contribution is -2.32. The minimum Gasteiger partial charge on any atom is -0.494 e. The van der Waals surface area contributed by atoms with Crippen LogP contribution in [0.25, 0.3) is 0 Å². The van der Waals surface area contributed by atoms with E-state index in [0.29, 0.717) is 19.8 Å². The molecule has 5 heteroatoms. The molecule has 1 aromatic carbocycles. The molecule has 1 aliphatic rings. The molecular formula is C15H22FNO3. The van der Waals surface area contributed by atoms with E-state index in [9.17, 15) is 4.39 Å². The maximum Gasteiger partial charge on any atom is 0.165 e. The van der Waals surface area contributed by atoms with E-state index in [1.165, 1.54) is 13.2 Å². The topological polar surface area (TPSA) is 39.7 Å². The van der Waals surface area contributed by atoms with Gasteiger partial charge in [0.1, 0.15) is 0 Å². The molecule has 1 aromatic rings. The van der Waals surface area contributed by atoms with Crippen LogP contribution in [0, 0.1) is 5.82 Å². The fourth-order valence-corrected chi connectivity index (χ4v) is 2.09. The maximum atomic E-state index is 13.3. The maximum absolute atomic E-state index is 13.3. The van der Waals surface area contributed by atoms with Gasteiger partial charge in [-0.1, -0.05) is 6.07 Å². The highest BCUT2D eigenvalue weighted by molar-refractivity contribution is 5.30. The number of ether oxygens (including phenoxy) is 3. The summed E-state index contributed by atoms with van der Waals surface area (Å²) in [7, 11) is 1.47. The van der Waals surface area contributed by atoms with Gasteiger partial charge in [0.15, 0.2) is 11.6 Å². The van der Waals surface area contributed by atoms with Gasteiger partial charge in [-0.15, -0.1) is 0 Å². The zero-order valence-corrected chi connectivity index (χ0v) is 12.0.